The number of para-hydroxylation sites is 1. The molecule has 0 saturated heterocycles. The highest BCUT2D eigenvalue weighted by molar-refractivity contribution is 8.00. The van der Waals surface area contributed by atoms with Crippen molar-refractivity contribution in [3.8, 4) is 5.69 Å². The molecule has 1 N–H and O–H groups in total. The van der Waals surface area contributed by atoms with E-state index in [1.54, 1.807) is 18.1 Å². The van der Waals surface area contributed by atoms with Crippen LogP contribution < -0.4 is 0 Å². The summed E-state index contributed by atoms with van der Waals surface area (Å²) in [7, 11) is 1.80. The Hall–Kier alpha value is -2.57. The van der Waals surface area contributed by atoms with Crippen molar-refractivity contribution in [2.45, 2.75) is 24.8 Å². The molecule has 2 unspecified atom stereocenters. The van der Waals surface area contributed by atoms with Gasteiger partial charge in [-0.3, -0.25) is 4.79 Å². The number of thioether (sulfide) groups is 1. The summed E-state index contributed by atoms with van der Waals surface area (Å²) in [6.45, 7) is 2.38. The molecule has 1 heterocycles. The number of aliphatic hydroxyl groups excluding tert-OH is 1. The number of aliphatic hydroxyl groups is 1. The van der Waals surface area contributed by atoms with Gasteiger partial charge in [0.2, 0.25) is 5.91 Å². The monoisotopic (exact) mass is 395 g/mol. The number of hydrogen-bond donors (Lipinski definition) is 1. The summed E-state index contributed by atoms with van der Waals surface area (Å²) in [5.41, 5.74) is 2.83. The Morgan fingerprint density at radius 1 is 1.14 bits per heavy atom. The standard InChI is InChI=1S/C22H25N3O2S/c1-17(28-16-21(26)19-9-5-3-6-10-19)22(27)24(2)14-18-13-23-25(15-18)20-11-7-4-8-12-20/h3-13,15,17,21,26H,14,16H2,1-2H3. The van der Waals surface area contributed by atoms with Gasteiger partial charge in [0.05, 0.1) is 23.2 Å². The number of carbonyl (C=O) groups is 1. The summed E-state index contributed by atoms with van der Waals surface area (Å²) in [6, 6.07) is 19.4. The second-order valence-electron chi connectivity index (χ2n) is 6.73. The van der Waals surface area contributed by atoms with Gasteiger partial charge in [0.1, 0.15) is 0 Å². The van der Waals surface area contributed by atoms with Gasteiger partial charge in [-0.2, -0.15) is 5.10 Å². The number of rotatable bonds is 8. The van der Waals surface area contributed by atoms with E-state index >= 15 is 0 Å². The van der Waals surface area contributed by atoms with E-state index in [-0.39, 0.29) is 11.2 Å². The van der Waals surface area contributed by atoms with E-state index < -0.39 is 6.10 Å². The van der Waals surface area contributed by atoms with Crippen molar-refractivity contribution in [2.24, 2.45) is 0 Å². The van der Waals surface area contributed by atoms with E-state index in [1.165, 1.54) is 11.8 Å². The molecule has 2 aromatic carbocycles. The van der Waals surface area contributed by atoms with E-state index in [0.717, 1.165) is 16.8 Å². The molecule has 0 fully saturated rings. The summed E-state index contributed by atoms with van der Waals surface area (Å²) in [4.78, 5) is 14.4. The molecule has 3 aromatic rings. The van der Waals surface area contributed by atoms with Gasteiger partial charge >= 0.3 is 0 Å². The van der Waals surface area contributed by atoms with E-state index in [9.17, 15) is 9.90 Å². The predicted octanol–water partition coefficient (Wildman–Crippen LogP) is 3.69. The summed E-state index contributed by atoms with van der Waals surface area (Å²) in [5, 5.41) is 14.4. The van der Waals surface area contributed by atoms with Gasteiger partial charge < -0.3 is 10.0 Å². The van der Waals surface area contributed by atoms with Crippen molar-refractivity contribution in [1.82, 2.24) is 14.7 Å². The van der Waals surface area contributed by atoms with Crippen molar-refractivity contribution in [1.29, 1.82) is 0 Å². The minimum atomic E-state index is -0.573. The van der Waals surface area contributed by atoms with Gasteiger partial charge in [-0.25, -0.2) is 4.68 Å². The molecule has 0 spiro atoms. The molecule has 6 heteroatoms. The highest BCUT2D eigenvalue weighted by Crippen LogP contribution is 2.22. The summed E-state index contributed by atoms with van der Waals surface area (Å²) < 4.78 is 1.81. The van der Waals surface area contributed by atoms with Gasteiger partial charge in [-0.15, -0.1) is 11.8 Å². The molecule has 0 aliphatic heterocycles. The molecule has 0 aliphatic carbocycles. The van der Waals surface area contributed by atoms with E-state index in [1.807, 2.05) is 78.5 Å². The fourth-order valence-electron chi connectivity index (χ4n) is 2.90. The largest absolute Gasteiger partial charge is 0.388 e. The first-order valence-corrected chi connectivity index (χ1v) is 10.3. The number of hydrogen-bond acceptors (Lipinski definition) is 4. The van der Waals surface area contributed by atoms with Gasteiger partial charge in [0.15, 0.2) is 0 Å². The zero-order valence-electron chi connectivity index (χ0n) is 16.1. The van der Waals surface area contributed by atoms with Crippen LogP contribution >= 0.6 is 11.8 Å². The van der Waals surface area contributed by atoms with Crippen molar-refractivity contribution in [3.63, 3.8) is 0 Å². The zero-order valence-corrected chi connectivity index (χ0v) is 16.9. The highest BCUT2D eigenvalue weighted by Gasteiger charge is 2.20. The third kappa shape index (κ3) is 5.24. The van der Waals surface area contributed by atoms with Crippen LogP contribution in [0.1, 0.15) is 24.2 Å². The molecule has 0 saturated carbocycles. The molecule has 1 aromatic heterocycles. The number of nitrogens with zero attached hydrogens (tertiary/aromatic N) is 3. The first kappa shape index (κ1) is 20.2. The maximum atomic E-state index is 12.7. The summed E-state index contributed by atoms with van der Waals surface area (Å²) >= 11 is 1.47. The lowest BCUT2D eigenvalue weighted by Crippen LogP contribution is -2.33. The molecular formula is C22H25N3O2S. The fraction of sp³-hybridized carbons (Fsp3) is 0.273. The van der Waals surface area contributed by atoms with Crippen LogP contribution in [-0.4, -0.2) is 43.7 Å². The summed E-state index contributed by atoms with van der Waals surface area (Å²) in [6.07, 6.45) is 3.15. The first-order chi connectivity index (χ1) is 13.5. The molecule has 1 amide bonds. The Balaban J connectivity index is 1.52. The molecular weight excluding hydrogens is 370 g/mol. The van der Waals surface area contributed by atoms with Crippen LogP contribution in [-0.2, 0) is 11.3 Å². The predicted molar refractivity (Wildman–Crippen MR) is 113 cm³/mol. The summed E-state index contributed by atoms with van der Waals surface area (Å²) in [5.74, 6) is 0.522. The maximum absolute atomic E-state index is 12.7. The quantitative estimate of drug-likeness (QED) is 0.632. The number of amides is 1. The molecule has 5 nitrogen and oxygen atoms in total. The minimum Gasteiger partial charge on any atom is -0.388 e. The number of carbonyl (C=O) groups excluding carboxylic acids is 1. The van der Waals surface area contributed by atoms with Gasteiger partial charge in [-0.1, -0.05) is 48.5 Å². The molecule has 0 bridgehead atoms. The maximum Gasteiger partial charge on any atom is 0.235 e. The Morgan fingerprint density at radius 2 is 1.79 bits per heavy atom. The smallest absolute Gasteiger partial charge is 0.235 e. The molecule has 0 radical (unpaired) electrons. The molecule has 3 rings (SSSR count). The second kappa shape index (κ2) is 9.57. The van der Waals surface area contributed by atoms with E-state index in [2.05, 4.69) is 5.10 Å². The van der Waals surface area contributed by atoms with E-state index in [4.69, 9.17) is 0 Å². The molecule has 0 aliphatic rings. The topological polar surface area (TPSA) is 58.4 Å². The Labute approximate surface area is 170 Å². The lowest BCUT2D eigenvalue weighted by molar-refractivity contribution is -0.129. The lowest BCUT2D eigenvalue weighted by Gasteiger charge is -2.21. The molecule has 146 valence electrons. The number of aromatic nitrogens is 2. The lowest BCUT2D eigenvalue weighted by atomic mass is 10.1. The number of benzene rings is 2. The van der Waals surface area contributed by atoms with Gasteiger partial charge in [0.25, 0.3) is 0 Å². The first-order valence-electron chi connectivity index (χ1n) is 9.23. The van der Waals surface area contributed by atoms with Crippen molar-refractivity contribution in [2.75, 3.05) is 12.8 Å². The van der Waals surface area contributed by atoms with Crippen molar-refractivity contribution in [3.05, 3.63) is 84.2 Å². The van der Waals surface area contributed by atoms with Gasteiger partial charge in [-0.05, 0) is 24.6 Å². The van der Waals surface area contributed by atoms with Gasteiger partial charge in [0, 0.05) is 31.1 Å². The SMILES string of the molecule is CC(SCC(O)c1ccccc1)C(=O)N(C)Cc1cnn(-c2ccccc2)c1. The Bertz CT molecular complexity index is 883. The normalized spacial score (nSPS) is 13.1. The van der Waals surface area contributed by atoms with Crippen LogP contribution in [0.25, 0.3) is 5.69 Å². The van der Waals surface area contributed by atoms with Crippen LogP contribution in [0.15, 0.2) is 73.1 Å². The molecule has 2 atom stereocenters. The molecule has 28 heavy (non-hydrogen) atoms. The van der Waals surface area contributed by atoms with Crippen LogP contribution in [0.2, 0.25) is 0 Å². The average molecular weight is 396 g/mol. The Kier molecular flexibility index (Phi) is 6.90. The van der Waals surface area contributed by atoms with Crippen LogP contribution in [0.3, 0.4) is 0 Å². The zero-order chi connectivity index (χ0) is 19.9. The van der Waals surface area contributed by atoms with Crippen molar-refractivity contribution < 1.29 is 9.90 Å². The Morgan fingerprint density at radius 3 is 2.46 bits per heavy atom. The third-order valence-corrected chi connectivity index (χ3v) is 5.70. The highest BCUT2D eigenvalue weighted by atomic mass is 32.2. The van der Waals surface area contributed by atoms with Crippen LogP contribution in [0, 0.1) is 0 Å². The van der Waals surface area contributed by atoms with E-state index in [0.29, 0.717) is 12.3 Å². The van der Waals surface area contributed by atoms with Crippen LogP contribution in [0.4, 0.5) is 0 Å². The average Bonchev–Trinajstić information content (AvgIpc) is 3.21. The minimum absolute atomic E-state index is 0.0396. The fourth-order valence-corrected chi connectivity index (χ4v) is 3.89. The third-order valence-electron chi connectivity index (χ3n) is 4.49. The van der Waals surface area contributed by atoms with Crippen molar-refractivity contribution >= 4 is 17.7 Å². The van der Waals surface area contributed by atoms with Crippen LogP contribution in [0.5, 0.6) is 0 Å². The second-order valence-corrected chi connectivity index (χ2v) is 8.10.